The van der Waals surface area contributed by atoms with Crippen molar-refractivity contribution in [2.45, 2.75) is 26.9 Å². The lowest BCUT2D eigenvalue weighted by Crippen LogP contribution is -2.48. The molecule has 1 N–H and O–H groups in total. The first-order valence-corrected chi connectivity index (χ1v) is 7.87. The molecule has 1 aliphatic rings. The standard InChI is InChI=1S/C19H20N2O3/c1-12-8-13(2)10-15(9-12)20-19(23)18-11-21(14(3)22)16-6-4-5-7-17(16)24-18/h4-10,18H,11H2,1-3H3,(H,20,23)/t18-/m0/s1. The maximum absolute atomic E-state index is 12.6. The summed E-state index contributed by atoms with van der Waals surface area (Å²) in [5.41, 5.74) is 3.57. The summed E-state index contributed by atoms with van der Waals surface area (Å²) in [5, 5.41) is 2.88. The summed E-state index contributed by atoms with van der Waals surface area (Å²) in [4.78, 5) is 26.1. The van der Waals surface area contributed by atoms with Crippen LogP contribution in [0.1, 0.15) is 18.1 Å². The zero-order chi connectivity index (χ0) is 17.3. The number of hydrogen-bond donors (Lipinski definition) is 1. The molecule has 124 valence electrons. The summed E-state index contributed by atoms with van der Waals surface area (Å²) in [7, 11) is 0. The van der Waals surface area contributed by atoms with Gasteiger partial charge in [-0.25, -0.2) is 0 Å². The Bertz CT molecular complexity index is 781. The molecule has 1 heterocycles. The van der Waals surface area contributed by atoms with Gasteiger partial charge >= 0.3 is 0 Å². The third kappa shape index (κ3) is 3.25. The largest absolute Gasteiger partial charge is 0.476 e. The van der Waals surface area contributed by atoms with Crippen molar-refractivity contribution in [3.8, 4) is 5.75 Å². The van der Waals surface area contributed by atoms with E-state index in [4.69, 9.17) is 4.74 Å². The van der Waals surface area contributed by atoms with Gasteiger partial charge in [0.15, 0.2) is 6.10 Å². The second-order valence-corrected chi connectivity index (χ2v) is 6.07. The Kier molecular flexibility index (Phi) is 4.25. The van der Waals surface area contributed by atoms with Crippen molar-refractivity contribution in [3.63, 3.8) is 0 Å². The third-order valence-corrected chi connectivity index (χ3v) is 3.94. The van der Waals surface area contributed by atoms with Crippen LogP contribution in [0, 0.1) is 13.8 Å². The van der Waals surface area contributed by atoms with Crippen molar-refractivity contribution in [2.24, 2.45) is 0 Å². The average molecular weight is 324 g/mol. The average Bonchev–Trinajstić information content (AvgIpc) is 2.52. The summed E-state index contributed by atoms with van der Waals surface area (Å²) in [5.74, 6) is 0.162. The second-order valence-electron chi connectivity index (χ2n) is 6.07. The van der Waals surface area contributed by atoms with Crippen LogP contribution in [0.15, 0.2) is 42.5 Å². The molecule has 0 radical (unpaired) electrons. The first kappa shape index (κ1) is 16.1. The number of aryl methyl sites for hydroxylation is 2. The highest BCUT2D eigenvalue weighted by Gasteiger charge is 2.32. The number of rotatable bonds is 2. The first-order valence-electron chi connectivity index (χ1n) is 7.87. The van der Waals surface area contributed by atoms with Crippen LogP contribution < -0.4 is 15.0 Å². The number of anilines is 2. The molecule has 5 heteroatoms. The maximum Gasteiger partial charge on any atom is 0.267 e. The smallest absolute Gasteiger partial charge is 0.267 e. The molecule has 2 aromatic rings. The minimum atomic E-state index is -0.746. The van der Waals surface area contributed by atoms with E-state index in [9.17, 15) is 9.59 Å². The number of fused-ring (bicyclic) bond motifs is 1. The van der Waals surface area contributed by atoms with Gasteiger partial charge in [0.25, 0.3) is 5.91 Å². The van der Waals surface area contributed by atoms with E-state index in [1.165, 1.54) is 6.92 Å². The molecule has 2 amide bonds. The summed E-state index contributed by atoms with van der Waals surface area (Å²) in [6, 6.07) is 13.1. The van der Waals surface area contributed by atoms with Crippen molar-refractivity contribution in [1.82, 2.24) is 0 Å². The van der Waals surface area contributed by atoms with E-state index >= 15 is 0 Å². The summed E-state index contributed by atoms with van der Waals surface area (Å²) in [6.45, 7) is 5.64. The van der Waals surface area contributed by atoms with E-state index in [0.717, 1.165) is 16.8 Å². The normalized spacial score (nSPS) is 16.1. The molecule has 3 rings (SSSR count). The number of hydrogen-bond acceptors (Lipinski definition) is 3. The molecule has 0 spiro atoms. The van der Waals surface area contributed by atoms with Crippen LogP contribution in [-0.4, -0.2) is 24.5 Å². The quantitative estimate of drug-likeness (QED) is 0.923. The molecule has 0 saturated carbocycles. The molecule has 1 atom stereocenters. The van der Waals surface area contributed by atoms with Crippen LogP contribution in [0.3, 0.4) is 0 Å². The highest BCUT2D eigenvalue weighted by Crippen LogP contribution is 2.33. The summed E-state index contributed by atoms with van der Waals surface area (Å²) in [6.07, 6.45) is -0.746. The lowest BCUT2D eigenvalue weighted by Gasteiger charge is -2.33. The van der Waals surface area contributed by atoms with Crippen LogP contribution in [0.25, 0.3) is 0 Å². The molecule has 0 unspecified atom stereocenters. The monoisotopic (exact) mass is 324 g/mol. The number of nitrogens with zero attached hydrogens (tertiary/aromatic N) is 1. The molecule has 1 aliphatic heterocycles. The van der Waals surface area contributed by atoms with Gasteiger partial charge in [0.1, 0.15) is 5.75 Å². The van der Waals surface area contributed by atoms with Crippen molar-refractivity contribution in [1.29, 1.82) is 0 Å². The lowest BCUT2D eigenvalue weighted by molar-refractivity contribution is -0.123. The van der Waals surface area contributed by atoms with E-state index in [1.807, 2.05) is 50.2 Å². The SMILES string of the molecule is CC(=O)N1C[C@@H](C(=O)Nc2cc(C)cc(C)c2)Oc2ccccc21. The fraction of sp³-hybridized carbons (Fsp3) is 0.263. The van der Waals surface area contributed by atoms with E-state index in [0.29, 0.717) is 11.4 Å². The van der Waals surface area contributed by atoms with Gasteiger partial charge in [0, 0.05) is 12.6 Å². The number of carbonyl (C=O) groups excluding carboxylic acids is 2. The fourth-order valence-corrected chi connectivity index (χ4v) is 2.94. The number of para-hydroxylation sites is 2. The minimum Gasteiger partial charge on any atom is -0.476 e. The molecule has 0 fully saturated rings. The molecule has 0 aliphatic carbocycles. The van der Waals surface area contributed by atoms with Gasteiger partial charge in [-0.05, 0) is 49.2 Å². The van der Waals surface area contributed by atoms with Gasteiger partial charge in [-0.3, -0.25) is 9.59 Å². The molecule has 0 bridgehead atoms. The van der Waals surface area contributed by atoms with Crippen molar-refractivity contribution >= 4 is 23.2 Å². The van der Waals surface area contributed by atoms with E-state index < -0.39 is 6.10 Å². The Labute approximate surface area is 141 Å². The number of nitrogens with one attached hydrogen (secondary N) is 1. The van der Waals surface area contributed by atoms with Crippen LogP contribution in [0.4, 0.5) is 11.4 Å². The summed E-state index contributed by atoms with van der Waals surface area (Å²) < 4.78 is 5.80. The molecule has 0 saturated heterocycles. The topological polar surface area (TPSA) is 58.6 Å². The Hall–Kier alpha value is -2.82. The second kappa shape index (κ2) is 6.35. The number of benzene rings is 2. The minimum absolute atomic E-state index is 0.116. The van der Waals surface area contributed by atoms with Crippen LogP contribution >= 0.6 is 0 Å². The molecule has 24 heavy (non-hydrogen) atoms. The lowest BCUT2D eigenvalue weighted by atomic mass is 10.1. The third-order valence-electron chi connectivity index (χ3n) is 3.94. The predicted molar refractivity (Wildman–Crippen MR) is 93.4 cm³/mol. The van der Waals surface area contributed by atoms with Gasteiger partial charge < -0.3 is 15.0 Å². The highest BCUT2D eigenvalue weighted by molar-refractivity contribution is 5.99. The molecular weight excluding hydrogens is 304 g/mol. The van der Waals surface area contributed by atoms with E-state index in [1.54, 1.807) is 11.0 Å². The summed E-state index contributed by atoms with van der Waals surface area (Å²) >= 11 is 0. The zero-order valence-corrected chi connectivity index (χ0v) is 14.0. The zero-order valence-electron chi connectivity index (χ0n) is 14.0. The molecule has 2 aromatic carbocycles. The maximum atomic E-state index is 12.6. The van der Waals surface area contributed by atoms with Gasteiger partial charge in [0.05, 0.1) is 12.2 Å². The Morgan fingerprint density at radius 2 is 1.79 bits per heavy atom. The number of carbonyl (C=O) groups is 2. The van der Waals surface area contributed by atoms with Crippen LogP contribution in [-0.2, 0) is 9.59 Å². The Morgan fingerprint density at radius 1 is 1.12 bits per heavy atom. The van der Waals surface area contributed by atoms with E-state index in [2.05, 4.69) is 5.32 Å². The van der Waals surface area contributed by atoms with Gasteiger partial charge in [0.2, 0.25) is 5.91 Å². The van der Waals surface area contributed by atoms with Crippen LogP contribution in [0.5, 0.6) is 5.75 Å². The van der Waals surface area contributed by atoms with Crippen LogP contribution in [0.2, 0.25) is 0 Å². The molecule has 5 nitrogen and oxygen atoms in total. The van der Waals surface area contributed by atoms with Gasteiger partial charge in [-0.1, -0.05) is 18.2 Å². The molecule has 0 aromatic heterocycles. The van der Waals surface area contributed by atoms with Crippen molar-refractivity contribution < 1.29 is 14.3 Å². The number of amides is 2. The highest BCUT2D eigenvalue weighted by atomic mass is 16.5. The van der Waals surface area contributed by atoms with Gasteiger partial charge in [-0.15, -0.1) is 0 Å². The predicted octanol–water partition coefficient (Wildman–Crippen LogP) is 3.06. The van der Waals surface area contributed by atoms with E-state index in [-0.39, 0.29) is 18.4 Å². The Morgan fingerprint density at radius 3 is 2.46 bits per heavy atom. The molecular formula is C19H20N2O3. The van der Waals surface area contributed by atoms with Crippen molar-refractivity contribution in [2.75, 3.05) is 16.8 Å². The van der Waals surface area contributed by atoms with Gasteiger partial charge in [-0.2, -0.15) is 0 Å². The van der Waals surface area contributed by atoms with Crippen molar-refractivity contribution in [3.05, 3.63) is 53.6 Å². The Balaban J connectivity index is 1.82. The fourth-order valence-electron chi connectivity index (χ4n) is 2.94. The first-order chi connectivity index (χ1) is 11.4. The number of ether oxygens (including phenoxy) is 1.